The summed E-state index contributed by atoms with van der Waals surface area (Å²) in [6, 6.07) is 6.76. The topological polar surface area (TPSA) is 97.2 Å². The molecule has 0 bridgehead atoms. The second kappa shape index (κ2) is 10.2. The van der Waals surface area contributed by atoms with Crippen molar-refractivity contribution in [3.05, 3.63) is 64.2 Å². The van der Waals surface area contributed by atoms with Gasteiger partial charge in [-0.3, -0.25) is 9.69 Å². The molecule has 40 heavy (non-hydrogen) atoms. The zero-order valence-corrected chi connectivity index (χ0v) is 22.5. The Kier molecular flexibility index (Phi) is 6.78. The van der Waals surface area contributed by atoms with Gasteiger partial charge in [-0.15, -0.1) is 10.2 Å². The van der Waals surface area contributed by atoms with Gasteiger partial charge in [-0.05, 0) is 60.8 Å². The van der Waals surface area contributed by atoms with E-state index in [2.05, 4.69) is 20.8 Å². The number of alkyl halides is 3. The molecule has 4 heterocycles. The number of aromatic nitrogens is 4. The molecule has 0 radical (unpaired) electrons. The summed E-state index contributed by atoms with van der Waals surface area (Å²) >= 11 is 0. The summed E-state index contributed by atoms with van der Waals surface area (Å²) in [5.74, 6) is 1.25. The highest BCUT2D eigenvalue weighted by molar-refractivity contribution is 6.10. The van der Waals surface area contributed by atoms with E-state index >= 15 is 0 Å². The summed E-state index contributed by atoms with van der Waals surface area (Å²) in [6.07, 6.45) is 1.92. The second-order valence-corrected chi connectivity index (χ2v) is 11.1. The lowest BCUT2D eigenvalue weighted by molar-refractivity contribution is -0.138. The summed E-state index contributed by atoms with van der Waals surface area (Å²) in [5, 5.41) is 14.7. The Balaban J connectivity index is 1.41. The lowest BCUT2D eigenvalue weighted by Crippen LogP contribution is -2.49. The van der Waals surface area contributed by atoms with Crippen molar-refractivity contribution in [3.63, 3.8) is 0 Å². The Morgan fingerprint density at radius 2 is 1.93 bits per heavy atom. The molecule has 9 nitrogen and oxygen atoms in total. The zero-order chi connectivity index (χ0) is 28.1. The Bertz CT molecular complexity index is 1430. The third-order valence-electron chi connectivity index (χ3n) is 8.25. The molecule has 6 rings (SSSR count). The molecule has 2 N–H and O–H groups in total. The van der Waals surface area contributed by atoms with Crippen molar-refractivity contribution in [2.75, 3.05) is 30.5 Å². The molecule has 1 saturated heterocycles. The fourth-order valence-corrected chi connectivity index (χ4v) is 6.02. The maximum atomic E-state index is 14.1. The molecule has 1 aliphatic carbocycles. The molecule has 0 atom stereocenters. The molecule has 0 spiro atoms. The van der Waals surface area contributed by atoms with Crippen LogP contribution in [0.2, 0.25) is 0 Å². The number of nitrogens with zero attached hydrogens (tertiary/aromatic N) is 5. The van der Waals surface area contributed by atoms with Gasteiger partial charge in [0, 0.05) is 37.0 Å². The first-order chi connectivity index (χ1) is 19.2. The number of nitrogens with one attached hydrogen (secondary N) is 2. The fraction of sp³-hybridized carbons (Fsp3) is 0.500. The van der Waals surface area contributed by atoms with Crippen molar-refractivity contribution in [1.29, 1.82) is 0 Å². The number of halogens is 3. The average molecular weight is 556 g/mol. The number of hydrogen-bond donors (Lipinski definition) is 2. The minimum Gasteiger partial charge on any atom is -0.379 e. The van der Waals surface area contributed by atoms with Crippen molar-refractivity contribution < 1.29 is 22.7 Å². The van der Waals surface area contributed by atoms with Crippen molar-refractivity contribution in [2.45, 2.75) is 62.8 Å². The van der Waals surface area contributed by atoms with Crippen molar-refractivity contribution >= 4 is 17.5 Å². The molecule has 1 amide bonds. The highest BCUT2D eigenvalue weighted by atomic mass is 19.4. The summed E-state index contributed by atoms with van der Waals surface area (Å²) < 4.78 is 49.8. The summed E-state index contributed by atoms with van der Waals surface area (Å²) in [4.78, 5) is 19.8. The Morgan fingerprint density at radius 1 is 1.15 bits per heavy atom. The van der Waals surface area contributed by atoms with Gasteiger partial charge in [0.1, 0.15) is 23.8 Å². The van der Waals surface area contributed by atoms with Gasteiger partial charge < -0.3 is 19.9 Å². The van der Waals surface area contributed by atoms with Crippen LogP contribution in [0.1, 0.15) is 64.1 Å². The molecule has 1 aromatic carbocycles. The van der Waals surface area contributed by atoms with Gasteiger partial charge in [-0.1, -0.05) is 12.8 Å². The number of ether oxygens (including phenoxy) is 1. The Hall–Kier alpha value is -3.51. The van der Waals surface area contributed by atoms with Gasteiger partial charge in [0.05, 0.1) is 25.3 Å². The SMILES string of the molecule is CNCc1cc2c(c(C(F)(F)F)c1)CN(c1cc(C3(Cc4nncn4C)COC3)cc(NC3CCCC3)n1)C2=O. The molecule has 1 saturated carbocycles. The minimum atomic E-state index is -4.59. The first-order valence-corrected chi connectivity index (χ1v) is 13.6. The third-order valence-corrected chi connectivity index (χ3v) is 8.25. The van der Waals surface area contributed by atoms with Gasteiger partial charge in [-0.25, -0.2) is 4.98 Å². The molecule has 2 aliphatic heterocycles. The number of benzene rings is 1. The second-order valence-electron chi connectivity index (χ2n) is 11.1. The number of amides is 1. The number of anilines is 2. The van der Waals surface area contributed by atoms with E-state index in [1.54, 1.807) is 19.4 Å². The third kappa shape index (κ3) is 4.83. The monoisotopic (exact) mass is 555 g/mol. The van der Waals surface area contributed by atoms with Crippen LogP contribution in [0.3, 0.4) is 0 Å². The van der Waals surface area contributed by atoms with Gasteiger partial charge in [-0.2, -0.15) is 13.2 Å². The van der Waals surface area contributed by atoms with E-state index in [1.165, 1.54) is 4.90 Å². The lowest BCUT2D eigenvalue weighted by atomic mass is 9.75. The van der Waals surface area contributed by atoms with Gasteiger partial charge in [0.15, 0.2) is 0 Å². The number of fused-ring (bicyclic) bond motifs is 1. The largest absolute Gasteiger partial charge is 0.416 e. The summed E-state index contributed by atoms with van der Waals surface area (Å²) in [7, 11) is 3.54. The standard InChI is InChI=1S/C28H32F3N7O2/c1-32-12-17-7-20-21(22(8-17)28(29,30)31)13-38(26(20)39)24-10-18(9-23(35-24)34-19-5-3-4-6-19)27(14-40-15-27)11-25-36-33-16-37(25)2/h7-10,16,19,32H,3-6,11-15H2,1-2H3,(H,34,35). The maximum absolute atomic E-state index is 14.1. The smallest absolute Gasteiger partial charge is 0.379 e. The molecular formula is C28H32F3N7O2. The Morgan fingerprint density at radius 3 is 2.55 bits per heavy atom. The van der Waals surface area contributed by atoms with Crippen LogP contribution in [-0.4, -0.2) is 52.0 Å². The van der Waals surface area contributed by atoms with Crippen molar-refractivity contribution in [1.82, 2.24) is 25.1 Å². The van der Waals surface area contributed by atoms with Crippen LogP contribution in [-0.2, 0) is 42.9 Å². The normalized spacial score (nSPS) is 18.7. The van der Waals surface area contributed by atoms with Crippen LogP contribution in [0.5, 0.6) is 0 Å². The van der Waals surface area contributed by atoms with E-state index in [-0.39, 0.29) is 30.3 Å². The number of pyridine rings is 1. The number of carbonyl (C=O) groups excluding carboxylic acids is 1. The van der Waals surface area contributed by atoms with E-state index in [4.69, 9.17) is 9.72 Å². The Labute approximate surface area is 230 Å². The van der Waals surface area contributed by atoms with E-state index in [0.29, 0.717) is 36.8 Å². The van der Waals surface area contributed by atoms with Crippen LogP contribution < -0.4 is 15.5 Å². The average Bonchev–Trinajstić information content (AvgIpc) is 3.62. The predicted octanol–water partition coefficient (Wildman–Crippen LogP) is 3.97. The molecular weight excluding hydrogens is 523 g/mol. The van der Waals surface area contributed by atoms with Crippen LogP contribution >= 0.6 is 0 Å². The first-order valence-electron chi connectivity index (χ1n) is 13.6. The van der Waals surface area contributed by atoms with E-state index < -0.39 is 23.1 Å². The van der Waals surface area contributed by atoms with Crippen LogP contribution in [0.15, 0.2) is 30.6 Å². The molecule has 0 unspecified atom stereocenters. The van der Waals surface area contributed by atoms with E-state index in [9.17, 15) is 18.0 Å². The zero-order valence-electron chi connectivity index (χ0n) is 22.5. The highest BCUT2D eigenvalue weighted by Crippen LogP contribution is 2.42. The number of hydrogen-bond acceptors (Lipinski definition) is 7. The van der Waals surface area contributed by atoms with E-state index in [1.807, 2.05) is 23.7 Å². The van der Waals surface area contributed by atoms with Gasteiger partial charge in [0.25, 0.3) is 5.91 Å². The van der Waals surface area contributed by atoms with Crippen LogP contribution in [0.4, 0.5) is 24.8 Å². The predicted molar refractivity (Wildman–Crippen MR) is 142 cm³/mol. The maximum Gasteiger partial charge on any atom is 0.416 e. The van der Waals surface area contributed by atoms with E-state index in [0.717, 1.165) is 43.1 Å². The number of rotatable bonds is 8. The van der Waals surface area contributed by atoms with Crippen LogP contribution in [0, 0.1) is 0 Å². The van der Waals surface area contributed by atoms with Crippen LogP contribution in [0.25, 0.3) is 0 Å². The number of aryl methyl sites for hydroxylation is 1. The minimum absolute atomic E-state index is 0.0179. The quantitative estimate of drug-likeness (QED) is 0.434. The number of carbonyl (C=O) groups is 1. The molecule has 3 aliphatic rings. The molecule has 3 aromatic rings. The molecule has 2 aromatic heterocycles. The summed E-state index contributed by atoms with van der Waals surface area (Å²) in [5.41, 5.74) is 0.162. The van der Waals surface area contributed by atoms with Gasteiger partial charge in [0.2, 0.25) is 0 Å². The fourth-order valence-electron chi connectivity index (χ4n) is 6.02. The van der Waals surface area contributed by atoms with Crippen molar-refractivity contribution in [2.24, 2.45) is 7.05 Å². The molecule has 212 valence electrons. The summed E-state index contributed by atoms with van der Waals surface area (Å²) in [6.45, 7) is 0.921. The molecule has 2 fully saturated rings. The van der Waals surface area contributed by atoms with Gasteiger partial charge >= 0.3 is 6.18 Å². The van der Waals surface area contributed by atoms with Crippen molar-refractivity contribution in [3.8, 4) is 0 Å². The molecule has 12 heteroatoms. The highest BCUT2D eigenvalue weighted by Gasteiger charge is 2.44. The lowest BCUT2D eigenvalue weighted by Gasteiger charge is -2.42. The first kappa shape index (κ1) is 26.7.